The summed E-state index contributed by atoms with van der Waals surface area (Å²) in [6.07, 6.45) is -3.82. The molecule has 0 aliphatic carbocycles. The van der Waals surface area contributed by atoms with Crippen molar-refractivity contribution in [2.75, 3.05) is 5.32 Å². The van der Waals surface area contributed by atoms with E-state index in [-0.39, 0.29) is 5.69 Å². The molecule has 0 aliphatic rings. The van der Waals surface area contributed by atoms with Gasteiger partial charge >= 0.3 is 6.18 Å². The lowest BCUT2D eigenvalue weighted by Crippen LogP contribution is -2.14. The molecule has 2 aromatic rings. The number of alkyl halides is 3. The van der Waals surface area contributed by atoms with Gasteiger partial charge in [0.05, 0.1) is 5.56 Å². The highest BCUT2D eigenvalue weighted by Gasteiger charge is 2.30. The lowest BCUT2D eigenvalue weighted by atomic mass is 10.2. The van der Waals surface area contributed by atoms with E-state index in [0.29, 0.717) is 11.9 Å². The molecule has 98 valence electrons. The van der Waals surface area contributed by atoms with Gasteiger partial charge in [0.1, 0.15) is 5.69 Å². The average molecular weight is 266 g/mol. The maximum absolute atomic E-state index is 12.3. The number of aromatic nitrogens is 1. The van der Waals surface area contributed by atoms with Gasteiger partial charge in [-0.2, -0.15) is 13.2 Å². The fraction of sp³-hybridized carbons (Fsp3) is 0.0769. The van der Waals surface area contributed by atoms with Crippen molar-refractivity contribution in [1.82, 2.24) is 4.98 Å². The van der Waals surface area contributed by atoms with E-state index in [2.05, 4.69) is 10.3 Å². The number of nitrogens with one attached hydrogen (secondary N) is 1. The number of benzene rings is 1. The number of hydrogen-bond donors (Lipinski definition) is 1. The van der Waals surface area contributed by atoms with E-state index in [1.807, 2.05) is 0 Å². The summed E-state index contributed by atoms with van der Waals surface area (Å²) >= 11 is 0. The molecule has 1 heterocycles. The number of pyridine rings is 1. The fourth-order valence-corrected chi connectivity index (χ4v) is 1.41. The van der Waals surface area contributed by atoms with Crippen LogP contribution < -0.4 is 5.32 Å². The van der Waals surface area contributed by atoms with Gasteiger partial charge in [-0.1, -0.05) is 18.2 Å². The molecule has 0 bridgehead atoms. The number of amides is 1. The van der Waals surface area contributed by atoms with E-state index < -0.39 is 17.6 Å². The Balaban J connectivity index is 2.12. The highest BCUT2D eigenvalue weighted by molar-refractivity contribution is 6.02. The number of para-hydroxylation sites is 1. The second-order valence-corrected chi connectivity index (χ2v) is 3.75. The summed E-state index contributed by atoms with van der Waals surface area (Å²) in [7, 11) is 0. The van der Waals surface area contributed by atoms with E-state index in [0.717, 1.165) is 12.1 Å². The van der Waals surface area contributed by atoms with Crippen LogP contribution in [0.3, 0.4) is 0 Å². The summed E-state index contributed by atoms with van der Waals surface area (Å²) in [5.41, 5.74) is -0.408. The van der Waals surface area contributed by atoms with Gasteiger partial charge in [-0.25, -0.2) is 0 Å². The zero-order valence-corrected chi connectivity index (χ0v) is 9.61. The van der Waals surface area contributed by atoms with Crippen LogP contribution in [0.5, 0.6) is 0 Å². The fourth-order valence-electron chi connectivity index (χ4n) is 1.41. The highest BCUT2D eigenvalue weighted by Crippen LogP contribution is 2.28. The highest BCUT2D eigenvalue weighted by atomic mass is 19.4. The number of carbonyl (C=O) groups excluding carboxylic acids is 1. The Morgan fingerprint density at radius 1 is 1.05 bits per heavy atom. The van der Waals surface area contributed by atoms with Crippen LogP contribution in [0.2, 0.25) is 0 Å². The van der Waals surface area contributed by atoms with Gasteiger partial charge in [-0.3, -0.25) is 9.78 Å². The number of nitrogens with zero attached hydrogens (tertiary/aromatic N) is 1. The minimum atomic E-state index is -4.46. The lowest BCUT2D eigenvalue weighted by Gasteiger charge is -2.07. The van der Waals surface area contributed by atoms with Crippen LogP contribution in [-0.4, -0.2) is 10.9 Å². The third kappa shape index (κ3) is 3.31. The number of carbonyl (C=O) groups is 1. The van der Waals surface area contributed by atoms with Crippen molar-refractivity contribution in [3.05, 3.63) is 59.9 Å². The number of anilines is 1. The number of hydrogen-bond acceptors (Lipinski definition) is 2. The smallest absolute Gasteiger partial charge is 0.321 e. The van der Waals surface area contributed by atoms with Gasteiger partial charge < -0.3 is 5.32 Å². The third-order valence-corrected chi connectivity index (χ3v) is 2.36. The first-order chi connectivity index (χ1) is 8.97. The zero-order chi connectivity index (χ0) is 13.9. The third-order valence-electron chi connectivity index (χ3n) is 2.36. The average Bonchev–Trinajstić information content (AvgIpc) is 2.39. The standard InChI is InChI=1S/C13H9F3N2O/c14-13(15,16)9-6-7-11(17-8-9)12(19)18-10-4-2-1-3-5-10/h1-8H,(H,18,19). The molecule has 19 heavy (non-hydrogen) atoms. The van der Waals surface area contributed by atoms with Crippen molar-refractivity contribution < 1.29 is 18.0 Å². The van der Waals surface area contributed by atoms with Crippen LogP contribution >= 0.6 is 0 Å². The van der Waals surface area contributed by atoms with E-state index in [1.54, 1.807) is 30.3 Å². The SMILES string of the molecule is O=C(Nc1ccccc1)c1ccc(C(F)(F)F)cn1. The van der Waals surface area contributed by atoms with Crippen molar-refractivity contribution in [3.8, 4) is 0 Å². The van der Waals surface area contributed by atoms with Gasteiger partial charge in [0, 0.05) is 11.9 Å². The van der Waals surface area contributed by atoms with Gasteiger partial charge in [-0.05, 0) is 24.3 Å². The molecule has 1 amide bonds. The molecule has 1 N–H and O–H groups in total. The van der Waals surface area contributed by atoms with Crippen LogP contribution in [0.1, 0.15) is 16.1 Å². The molecular weight excluding hydrogens is 257 g/mol. The molecule has 0 radical (unpaired) electrons. The maximum Gasteiger partial charge on any atom is 0.417 e. The van der Waals surface area contributed by atoms with Crippen molar-refractivity contribution in [2.45, 2.75) is 6.18 Å². The largest absolute Gasteiger partial charge is 0.417 e. The van der Waals surface area contributed by atoms with Crippen LogP contribution in [0.15, 0.2) is 48.7 Å². The van der Waals surface area contributed by atoms with Crippen molar-refractivity contribution in [2.24, 2.45) is 0 Å². The Bertz CT molecular complexity index is 565. The summed E-state index contributed by atoms with van der Waals surface area (Å²) in [5, 5.41) is 2.53. The molecule has 0 unspecified atom stereocenters. The predicted molar refractivity (Wildman–Crippen MR) is 63.6 cm³/mol. The Hall–Kier alpha value is -2.37. The summed E-state index contributed by atoms with van der Waals surface area (Å²) < 4.78 is 37.0. The van der Waals surface area contributed by atoms with Crippen LogP contribution in [0.4, 0.5) is 18.9 Å². The second-order valence-electron chi connectivity index (χ2n) is 3.75. The first-order valence-corrected chi connectivity index (χ1v) is 5.36. The van der Waals surface area contributed by atoms with Gasteiger partial charge in [0.2, 0.25) is 0 Å². The Morgan fingerprint density at radius 3 is 2.26 bits per heavy atom. The van der Waals surface area contributed by atoms with Gasteiger partial charge in [0.15, 0.2) is 0 Å². The molecular formula is C13H9F3N2O. The Morgan fingerprint density at radius 2 is 1.74 bits per heavy atom. The van der Waals surface area contributed by atoms with Crippen molar-refractivity contribution in [3.63, 3.8) is 0 Å². The molecule has 0 aliphatic heterocycles. The summed E-state index contributed by atoms with van der Waals surface area (Å²) in [5.74, 6) is -0.556. The molecule has 0 atom stereocenters. The zero-order valence-electron chi connectivity index (χ0n) is 9.61. The van der Waals surface area contributed by atoms with Crippen molar-refractivity contribution >= 4 is 11.6 Å². The molecule has 1 aromatic carbocycles. The molecule has 2 rings (SSSR count). The minimum absolute atomic E-state index is 0.0724. The van der Waals surface area contributed by atoms with E-state index in [1.165, 1.54) is 0 Å². The molecule has 0 spiro atoms. The Labute approximate surface area is 107 Å². The van der Waals surface area contributed by atoms with Crippen LogP contribution in [0, 0.1) is 0 Å². The molecule has 0 saturated heterocycles. The van der Waals surface area contributed by atoms with Gasteiger partial charge in [-0.15, -0.1) is 0 Å². The monoisotopic (exact) mass is 266 g/mol. The summed E-state index contributed by atoms with van der Waals surface area (Å²) in [4.78, 5) is 15.2. The summed E-state index contributed by atoms with van der Waals surface area (Å²) in [6, 6.07) is 10.5. The number of rotatable bonds is 2. The maximum atomic E-state index is 12.3. The quantitative estimate of drug-likeness (QED) is 0.905. The molecule has 0 saturated carbocycles. The Kier molecular flexibility index (Phi) is 3.50. The lowest BCUT2D eigenvalue weighted by molar-refractivity contribution is -0.137. The van der Waals surface area contributed by atoms with Crippen LogP contribution in [0.25, 0.3) is 0 Å². The molecule has 3 nitrogen and oxygen atoms in total. The topological polar surface area (TPSA) is 42.0 Å². The molecule has 6 heteroatoms. The normalized spacial score (nSPS) is 11.1. The molecule has 1 aromatic heterocycles. The van der Waals surface area contributed by atoms with Crippen molar-refractivity contribution in [1.29, 1.82) is 0 Å². The van der Waals surface area contributed by atoms with Crippen LogP contribution in [-0.2, 0) is 6.18 Å². The predicted octanol–water partition coefficient (Wildman–Crippen LogP) is 3.35. The second kappa shape index (κ2) is 5.09. The first kappa shape index (κ1) is 13.1. The van der Waals surface area contributed by atoms with E-state index in [4.69, 9.17) is 0 Å². The van der Waals surface area contributed by atoms with E-state index >= 15 is 0 Å². The van der Waals surface area contributed by atoms with Gasteiger partial charge in [0.25, 0.3) is 5.91 Å². The first-order valence-electron chi connectivity index (χ1n) is 5.36. The van der Waals surface area contributed by atoms with E-state index in [9.17, 15) is 18.0 Å². The summed E-state index contributed by atoms with van der Waals surface area (Å²) in [6.45, 7) is 0. The molecule has 0 fully saturated rings. The number of halogens is 3. The minimum Gasteiger partial charge on any atom is -0.321 e.